The maximum atomic E-state index is 13.2. The second kappa shape index (κ2) is 9.29. The number of likely N-dealkylation sites (tertiary alicyclic amines) is 1. The fraction of sp³-hybridized carbons (Fsp3) is 0.241. The number of piperidine rings is 1. The maximum Gasteiger partial charge on any atom is 0.253 e. The minimum absolute atomic E-state index is 0.0362. The Bertz CT molecular complexity index is 1330. The number of benzene rings is 3. The van der Waals surface area contributed by atoms with E-state index in [0.717, 1.165) is 35.4 Å². The van der Waals surface area contributed by atoms with Crippen molar-refractivity contribution in [2.24, 2.45) is 0 Å². The molecule has 0 saturated carbocycles. The maximum absolute atomic E-state index is 13.2. The van der Waals surface area contributed by atoms with E-state index in [2.05, 4.69) is 47.1 Å². The molecule has 176 valence electrons. The number of hydrogen-bond donors (Lipinski definition) is 0. The van der Waals surface area contributed by atoms with E-state index in [-0.39, 0.29) is 11.9 Å². The van der Waals surface area contributed by atoms with Gasteiger partial charge in [-0.2, -0.15) is 5.10 Å². The summed E-state index contributed by atoms with van der Waals surface area (Å²) in [6.07, 6.45) is 1.71. The van der Waals surface area contributed by atoms with Crippen LogP contribution in [-0.2, 0) is 0 Å². The van der Waals surface area contributed by atoms with Gasteiger partial charge in [0.2, 0.25) is 0 Å². The van der Waals surface area contributed by atoms with Crippen LogP contribution >= 0.6 is 0 Å². The van der Waals surface area contributed by atoms with Gasteiger partial charge in [0, 0.05) is 24.2 Å². The van der Waals surface area contributed by atoms with Gasteiger partial charge in [0.1, 0.15) is 13.2 Å². The molecule has 0 aliphatic carbocycles. The van der Waals surface area contributed by atoms with E-state index < -0.39 is 0 Å². The third kappa shape index (κ3) is 4.28. The zero-order valence-corrected chi connectivity index (χ0v) is 19.5. The summed E-state index contributed by atoms with van der Waals surface area (Å²) in [4.78, 5) is 15.1. The lowest BCUT2D eigenvalue weighted by molar-refractivity contribution is 0.0689. The van der Waals surface area contributed by atoms with Crippen molar-refractivity contribution in [3.05, 3.63) is 90.5 Å². The summed E-state index contributed by atoms with van der Waals surface area (Å²) in [5, 5.41) is 5.04. The van der Waals surface area contributed by atoms with Crippen molar-refractivity contribution in [1.29, 1.82) is 0 Å². The first kappa shape index (κ1) is 21.5. The topological polar surface area (TPSA) is 56.6 Å². The number of hydrogen-bond acceptors (Lipinski definition) is 4. The average Bonchev–Trinajstić information content (AvgIpc) is 3.39. The predicted molar refractivity (Wildman–Crippen MR) is 135 cm³/mol. The highest BCUT2D eigenvalue weighted by Crippen LogP contribution is 2.34. The van der Waals surface area contributed by atoms with Crippen LogP contribution in [-0.4, -0.2) is 46.9 Å². The van der Waals surface area contributed by atoms with Gasteiger partial charge >= 0.3 is 0 Å². The van der Waals surface area contributed by atoms with Gasteiger partial charge in [0.05, 0.1) is 17.4 Å². The van der Waals surface area contributed by atoms with E-state index >= 15 is 0 Å². The number of amides is 1. The van der Waals surface area contributed by atoms with Gasteiger partial charge in [-0.25, -0.2) is 0 Å². The molecule has 6 rings (SSSR count). The molecule has 0 atom stereocenters. The first-order valence-electron chi connectivity index (χ1n) is 12.2. The summed E-state index contributed by atoms with van der Waals surface area (Å²) < 4.78 is 13.4. The SMILES string of the molecule is O=C(c1ccc2c(c1)OCCO2)N1CCC(n2nc(-c3ccccc3)cc2-c2ccccc2)CC1. The minimum atomic E-state index is 0.0362. The van der Waals surface area contributed by atoms with Crippen LogP contribution in [0.25, 0.3) is 22.5 Å². The zero-order valence-electron chi connectivity index (χ0n) is 19.5. The van der Waals surface area contributed by atoms with E-state index in [9.17, 15) is 4.79 Å². The quantitative estimate of drug-likeness (QED) is 0.401. The van der Waals surface area contributed by atoms with Crippen LogP contribution in [0.1, 0.15) is 29.2 Å². The van der Waals surface area contributed by atoms with E-state index in [1.54, 1.807) is 6.07 Å². The van der Waals surface area contributed by atoms with Crippen molar-refractivity contribution >= 4 is 5.91 Å². The van der Waals surface area contributed by atoms with E-state index in [0.29, 0.717) is 43.4 Å². The Kier molecular flexibility index (Phi) is 5.70. The van der Waals surface area contributed by atoms with Crippen molar-refractivity contribution in [2.45, 2.75) is 18.9 Å². The Morgan fingerprint density at radius 2 is 1.43 bits per heavy atom. The van der Waals surface area contributed by atoms with E-state index in [4.69, 9.17) is 14.6 Å². The number of nitrogens with zero attached hydrogens (tertiary/aromatic N) is 3. The molecule has 6 nitrogen and oxygen atoms in total. The molecule has 0 N–H and O–H groups in total. The number of aromatic nitrogens is 2. The molecule has 3 aromatic carbocycles. The van der Waals surface area contributed by atoms with Gasteiger partial charge in [-0.05, 0) is 42.7 Å². The zero-order chi connectivity index (χ0) is 23.6. The van der Waals surface area contributed by atoms with Crippen LogP contribution in [0.4, 0.5) is 0 Å². The average molecular weight is 466 g/mol. The molecule has 3 heterocycles. The van der Waals surface area contributed by atoms with Crippen molar-refractivity contribution in [3.8, 4) is 34.0 Å². The smallest absolute Gasteiger partial charge is 0.253 e. The van der Waals surface area contributed by atoms with Gasteiger partial charge in [0.15, 0.2) is 11.5 Å². The first-order chi connectivity index (χ1) is 17.3. The summed E-state index contributed by atoms with van der Waals surface area (Å²) in [7, 11) is 0. The molecule has 2 aliphatic rings. The van der Waals surface area contributed by atoms with Gasteiger partial charge in [-0.15, -0.1) is 0 Å². The number of carbonyl (C=O) groups is 1. The van der Waals surface area contributed by atoms with Gasteiger partial charge in [-0.1, -0.05) is 60.7 Å². The summed E-state index contributed by atoms with van der Waals surface area (Å²) in [5.74, 6) is 1.39. The van der Waals surface area contributed by atoms with Crippen molar-refractivity contribution in [1.82, 2.24) is 14.7 Å². The van der Waals surface area contributed by atoms with Crippen LogP contribution in [0.5, 0.6) is 11.5 Å². The monoisotopic (exact) mass is 465 g/mol. The highest BCUT2D eigenvalue weighted by molar-refractivity contribution is 5.95. The van der Waals surface area contributed by atoms with Crippen LogP contribution in [0, 0.1) is 0 Å². The van der Waals surface area contributed by atoms with Crippen molar-refractivity contribution < 1.29 is 14.3 Å². The van der Waals surface area contributed by atoms with Crippen LogP contribution < -0.4 is 9.47 Å². The number of fused-ring (bicyclic) bond motifs is 1. The highest BCUT2D eigenvalue weighted by Gasteiger charge is 2.28. The Hall–Kier alpha value is -4.06. The molecule has 0 radical (unpaired) electrons. The predicted octanol–water partition coefficient (Wildman–Crippen LogP) is 5.47. The summed E-state index contributed by atoms with van der Waals surface area (Å²) in [5.41, 5.74) is 4.98. The lowest BCUT2D eigenvalue weighted by Crippen LogP contribution is -2.39. The minimum Gasteiger partial charge on any atom is -0.486 e. The van der Waals surface area contributed by atoms with Crippen LogP contribution in [0.15, 0.2) is 84.9 Å². The molecule has 35 heavy (non-hydrogen) atoms. The van der Waals surface area contributed by atoms with Gasteiger partial charge in [0.25, 0.3) is 5.91 Å². The number of rotatable bonds is 4. The third-order valence-corrected chi connectivity index (χ3v) is 6.76. The lowest BCUT2D eigenvalue weighted by Gasteiger charge is -2.33. The fourth-order valence-corrected chi connectivity index (χ4v) is 4.92. The second-order valence-electron chi connectivity index (χ2n) is 8.97. The highest BCUT2D eigenvalue weighted by atomic mass is 16.6. The molecule has 2 aliphatic heterocycles. The van der Waals surface area contributed by atoms with Gasteiger partial charge < -0.3 is 14.4 Å². The third-order valence-electron chi connectivity index (χ3n) is 6.76. The second-order valence-corrected chi connectivity index (χ2v) is 8.97. The lowest BCUT2D eigenvalue weighted by atomic mass is 10.0. The Morgan fingerprint density at radius 1 is 0.771 bits per heavy atom. The molecule has 1 fully saturated rings. The molecule has 0 unspecified atom stereocenters. The Morgan fingerprint density at radius 3 is 2.14 bits per heavy atom. The Labute approximate surface area is 204 Å². The molecule has 0 bridgehead atoms. The van der Waals surface area contributed by atoms with Crippen LogP contribution in [0.3, 0.4) is 0 Å². The standard InChI is InChI=1S/C29H27N3O3/c33-29(23-11-12-27-28(19-23)35-18-17-34-27)31-15-13-24(14-16-31)32-26(22-9-5-2-6-10-22)20-25(30-32)21-7-3-1-4-8-21/h1-12,19-20,24H,13-18H2. The van der Waals surface area contributed by atoms with Crippen molar-refractivity contribution in [3.63, 3.8) is 0 Å². The number of ether oxygens (including phenoxy) is 2. The van der Waals surface area contributed by atoms with E-state index in [1.807, 2.05) is 41.3 Å². The Balaban J connectivity index is 1.23. The largest absolute Gasteiger partial charge is 0.486 e. The molecule has 6 heteroatoms. The van der Waals surface area contributed by atoms with Crippen LogP contribution in [0.2, 0.25) is 0 Å². The summed E-state index contributed by atoms with van der Waals surface area (Å²) >= 11 is 0. The number of carbonyl (C=O) groups excluding carboxylic acids is 1. The molecule has 4 aromatic rings. The fourth-order valence-electron chi connectivity index (χ4n) is 4.92. The molecule has 0 spiro atoms. The first-order valence-corrected chi connectivity index (χ1v) is 12.2. The molecular weight excluding hydrogens is 438 g/mol. The van der Waals surface area contributed by atoms with Crippen molar-refractivity contribution in [2.75, 3.05) is 26.3 Å². The summed E-state index contributed by atoms with van der Waals surface area (Å²) in [6.45, 7) is 2.42. The van der Waals surface area contributed by atoms with Gasteiger partial charge in [-0.3, -0.25) is 9.48 Å². The molecule has 1 amide bonds. The molecular formula is C29H27N3O3. The molecule has 1 saturated heterocycles. The molecule has 1 aromatic heterocycles. The normalized spacial score (nSPS) is 15.7. The summed E-state index contributed by atoms with van der Waals surface area (Å²) in [6, 6.07) is 28.6. The van der Waals surface area contributed by atoms with E-state index in [1.165, 1.54) is 0 Å².